The van der Waals surface area contributed by atoms with Gasteiger partial charge in [-0.1, -0.05) is 54.7 Å². The zero-order chi connectivity index (χ0) is 25.5. The van der Waals surface area contributed by atoms with Gasteiger partial charge in [0.2, 0.25) is 21.8 Å². The molecule has 0 unspecified atom stereocenters. The second-order valence-electron chi connectivity index (χ2n) is 7.81. The van der Waals surface area contributed by atoms with E-state index in [2.05, 4.69) is 5.32 Å². The largest absolute Gasteiger partial charge is 0.354 e. The van der Waals surface area contributed by atoms with Crippen LogP contribution in [0.4, 0.5) is 10.1 Å². The van der Waals surface area contributed by atoms with E-state index in [4.69, 9.17) is 23.2 Å². The molecule has 0 saturated carbocycles. The Balaban J connectivity index is 2.38. The number of para-hydroxylation sites is 1. The maximum absolute atomic E-state index is 14.4. The van der Waals surface area contributed by atoms with Gasteiger partial charge in [0.1, 0.15) is 18.4 Å². The first kappa shape index (κ1) is 27.9. The van der Waals surface area contributed by atoms with E-state index in [9.17, 15) is 22.4 Å². The summed E-state index contributed by atoms with van der Waals surface area (Å²) in [6.07, 6.45) is 2.54. The van der Waals surface area contributed by atoms with Crippen molar-refractivity contribution in [3.05, 3.63) is 63.9 Å². The highest BCUT2D eigenvalue weighted by Gasteiger charge is 2.31. The lowest BCUT2D eigenvalue weighted by Crippen LogP contribution is -2.51. The molecule has 1 N–H and O–H groups in total. The standard InChI is InChI=1S/C23H28Cl2FN3O4S/c1-4-5-12-27-23(31)16(2)28(14-17-10-11-18(24)19(25)13-17)22(30)15-29(34(3,32)33)21-9-7-6-8-20(21)26/h6-11,13,16H,4-5,12,14-15H2,1-3H3,(H,27,31)/t16-/m0/s1. The van der Waals surface area contributed by atoms with Crippen LogP contribution in [-0.4, -0.2) is 50.5 Å². The topological polar surface area (TPSA) is 86.8 Å². The molecule has 2 rings (SSSR count). The molecule has 0 fully saturated rings. The van der Waals surface area contributed by atoms with Gasteiger partial charge in [-0.3, -0.25) is 13.9 Å². The summed E-state index contributed by atoms with van der Waals surface area (Å²) in [7, 11) is -4.01. The number of carbonyl (C=O) groups is 2. The lowest BCUT2D eigenvalue weighted by molar-refractivity contribution is -0.139. The number of rotatable bonds is 11. The lowest BCUT2D eigenvalue weighted by atomic mass is 10.1. The van der Waals surface area contributed by atoms with Crippen molar-refractivity contribution in [3.63, 3.8) is 0 Å². The summed E-state index contributed by atoms with van der Waals surface area (Å²) in [6, 6.07) is 9.12. The molecular formula is C23H28Cl2FN3O4S. The summed E-state index contributed by atoms with van der Waals surface area (Å²) in [6.45, 7) is 3.25. The van der Waals surface area contributed by atoms with Crippen LogP contribution in [0.25, 0.3) is 0 Å². The Labute approximate surface area is 209 Å². The number of nitrogens with one attached hydrogen (secondary N) is 1. The van der Waals surface area contributed by atoms with Gasteiger partial charge in [-0.15, -0.1) is 0 Å². The monoisotopic (exact) mass is 531 g/mol. The zero-order valence-electron chi connectivity index (χ0n) is 19.2. The minimum atomic E-state index is -4.01. The molecule has 0 aromatic heterocycles. The van der Waals surface area contributed by atoms with Crippen LogP contribution in [0.1, 0.15) is 32.3 Å². The van der Waals surface area contributed by atoms with Crippen LogP contribution < -0.4 is 9.62 Å². The van der Waals surface area contributed by atoms with Crippen molar-refractivity contribution in [2.45, 2.75) is 39.3 Å². The van der Waals surface area contributed by atoms with E-state index in [1.165, 1.54) is 23.1 Å². The van der Waals surface area contributed by atoms with Gasteiger partial charge < -0.3 is 10.2 Å². The van der Waals surface area contributed by atoms with E-state index >= 15 is 0 Å². The van der Waals surface area contributed by atoms with Gasteiger partial charge in [-0.25, -0.2) is 12.8 Å². The average Bonchev–Trinajstić information content (AvgIpc) is 2.77. The van der Waals surface area contributed by atoms with Crippen molar-refractivity contribution in [2.24, 2.45) is 0 Å². The molecule has 0 radical (unpaired) electrons. The molecule has 34 heavy (non-hydrogen) atoms. The molecule has 0 aliphatic carbocycles. The van der Waals surface area contributed by atoms with Gasteiger partial charge >= 0.3 is 0 Å². The fourth-order valence-electron chi connectivity index (χ4n) is 3.20. The average molecular weight is 532 g/mol. The number of anilines is 1. The number of unbranched alkanes of at least 4 members (excludes halogenated alkanes) is 1. The second-order valence-corrected chi connectivity index (χ2v) is 10.5. The number of sulfonamides is 1. The molecule has 11 heteroatoms. The fourth-order valence-corrected chi connectivity index (χ4v) is 4.37. The number of hydrogen-bond acceptors (Lipinski definition) is 4. The molecule has 0 aliphatic heterocycles. The van der Waals surface area contributed by atoms with Crippen molar-refractivity contribution in [2.75, 3.05) is 23.7 Å². The van der Waals surface area contributed by atoms with Gasteiger partial charge in [0.25, 0.3) is 0 Å². The number of halogens is 3. The molecule has 2 aromatic carbocycles. The Kier molecular flexibility index (Phi) is 10.1. The predicted octanol–water partition coefficient (Wildman–Crippen LogP) is 4.23. The van der Waals surface area contributed by atoms with Gasteiger partial charge in [-0.2, -0.15) is 0 Å². The maximum Gasteiger partial charge on any atom is 0.244 e. The molecule has 0 aliphatic rings. The fraction of sp³-hybridized carbons (Fsp3) is 0.391. The highest BCUT2D eigenvalue weighted by molar-refractivity contribution is 7.92. The summed E-state index contributed by atoms with van der Waals surface area (Å²) >= 11 is 12.1. The van der Waals surface area contributed by atoms with E-state index in [1.807, 2.05) is 6.92 Å². The van der Waals surface area contributed by atoms with Crippen LogP contribution in [0.15, 0.2) is 42.5 Å². The van der Waals surface area contributed by atoms with Crippen molar-refractivity contribution >= 4 is 50.7 Å². The van der Waals surface area contributed by atoms with Gasteiger partial charge in [0.15, 0.2) is 0 Å². The second kappa shape index (κ2) is 12.4. The lowest BCUT2D eigenvalue weighted by Gasteiger charge is -2.31. The van der Waals surface area contributed by atoms with E-state index < -0.39 is 40.2 Å². The molecule has 1 atom stereocenters. The van der Waals surface area contributed by atoms with Crippen LogP contribution in [-0.2, 0) is 26.2 Å². The van der Waals surface area contributed by atoms with Crippen LogP contribution >= 0.6 is 23.2 Å². The maximum atomic E-state index is 14.4. The third kappa shape index (κ3) is 7.58. The Bertz CT molecular complexity index is 1130. The van der Waals surface area contributed by atoms with Crippen molar-refractivity contribution in [1.29, 1.82) is 0 Å². The Morgan fingerprint density at radius 1 is 1.12 bits per heavy atom. The van der Waals surface area contributed by atoms with E-state index in [-0.39, 0.29) is 17.3 Å². The van der Waals surface area contributed by atoms with E-state index in [0.717, 1.165) is 25.2 Å². The Hall–Kier alpha value is -2.36. The molecule has 186 valence electrons. The molecule has 2 amide bonds. The molecular weight excluding hydrogens is 504 g/mol. The first-order valence-corrected chi connectivity index (χ1v) is 13.3. The Morgan fingerprint density at radius 3 is 2.38 bits per heavy atom. The van der Waals surface area contributed by atoms with Crippen LogP contribution in [0, 0.1) is 5.82 Å². The quantitative estimate of drug-likeness (QED) is 0.439. The van der Waals surface area contributed by atoms with Crippen LogP contribution in [0.5, 0.6) is 0 Å². The Morgan fingerprint density at radius 2 is 1.79 bits per heavy atom. The summed E-state index contributed by atoms with van der Waals surface area (Å²) < 4.78 is 40.0. The minimum Gasteiger partial charge on any atom is -0.354 e. The van der Waals surface area contributed by atoms with E-state index in [1.54, 1.807) is 25.1 Å². The minimum absolute atomic E-state index is 0.0348. The molecule has 2 aromatic rings. The van der Waals surface area contributed by atoms with Crippen molar-refractivity contribution in [3.8, 4) is 0 Å². The normalized spacial score (nSPS) is 12.2. The molecule has 0 saturated heterocycles. The first-order chi connectivity index (χ1) is 16.0. The predicted molar refractivity (Wildman–Crippen MR) is 133 cm³/mol. The number of hydrogen-bond donors (Lipinski definition) is 1. The highest BCUT2D eigenvalue weighted by Crippen LogP contribution is 2.25. The zero-order valence-corrected chi connectivity index (χ0v) is 21.6. The number of amides is 2. The smallest absolute Gasteiger partial charge is 0.244 e. The molecule has 7 nitrogen and oxygen atoms in total. The number of benzene rings is 2. The summed E-state index contributed by atoms with van der Waals surface area (Å²) in [5.41, 5.74) is 0.334. The van der Waals surface area contributed by atoms with Gasteiger partial charge in [-0.05, 0) is 43.2 Å². The van der Waals surface area contributed by atoms with E-state index in [0.29, 0.717) is 21.4 Å². The number of carbonyl (C=O) groups excluding carboxylic acids is 2. The van der Waals surface area contributed by atoms with Gasteiger partial charge in [0, 0.05) is 13.1 Å². The first-order valence-electron chi connectivity index (χ1n) is 10.7. The third-order valence-electron chi connectivity index (χ3n) is 5.13. The van der Waals surface area contributed by atoms with Crippen LogP contribution in [0.3, 0.4) is 0 Å². The molecule has 0 spiro atoms. The van der Waals surface area contributed by atoms with Crippen LogP contribution in [0.2, 0.25) is 10.0 Å². The SMILES string of the molecule is CCCCNC(=O)[C@H](C)N(Cc1ccc(Cl)c(Cl)c1)C(=O)CN(c1ccccc1F)S(C)(=O)=O. The molecule has 0 bridgehead atoms. The highest BCUT2D eigenvalue weighted by atomic mass is 35.5. The molecule has 0 heterocycles. The summed E-state index contributed by atoms with van der Waals surface area (Å²) in [5, 5.41) is 3.38. The van der Waals surface area contributed by atoms with Crippen molar-refractivity contribution < 1.29 is 22.4 Å². The third-order valence-corrected chi connectivity index (χ3v) is 7.00. The van der Waals surface area contributed by atoms with Crippen molar-refractivity contribution in [1.82, 2.24) is 10.2 Å². The van der Waals surface area contributed by atoms with Gasteiger partial charge in [0.05, 0.1) is 22.0 Å². The summed E-state index contributed by atoms with van der Waals surface area (Å²) in [4.78, 5) is 27.3. The summed E-state index contributed by atoms with van der Waals surface area (Å²) in [5.74, 6) is -1.86. The number of nitrogens with zero attached hydrogens (tertiary/aromatic N) is 2.